The quantitative estimate of drug-likeness (QED) is 0.299. The number of aliphatic hydroxyl groups excluding tert-OH is 1. The van der Waals surface area contributed by atoms with Crippen molar-refractivity contribution in [2.45, 2.75) is 33.7 Å². The number of aryl methyl sites for hydroxylation is 4. The topological polar surface area (TPSA) is 80.0 Å². The first kappa shape index (κ1) is 22.7. The second-order valence-corrected chi connectivity index (χ2v) is 8.64. The predicted octanol–water partition coefficient (Wildman–Crippen LogP) is 5.80. The molecule has 7 heteroatoms. The zero-order chi connectivity index (χ0) is 24.0. The summed E-state index contributed by atoms with van der Waals surface area (Å²) in [5.41, 5.74) is 3.22. The number of ketones is 1. The number of furan rings is 1. The first-order valence-corrected chi connectivity index (χ1v) is 10.8. The SMILES string of the molecule is COc1c(Cl)cc(C)cc1/C(O)=C1\C(=O)C(=O)N(c2cc(C)ccc2C)C1c1ccc(C)o1. The highest BCUT2D eigenvalue weighted by Gasteiger charge is 2.49. The summed E-state index contributed by atoms with van der Waals surface area (Å²) in [6.07, 6.45) is 0. The van der Waals surface area contributed by atoms with Gasteiger partial charge in [0, 0.05) is 5.69 Å². The van der Waals surface area contributed by atoms with Crippen molar-refractivity contribution in [2.75, 3.05) is 12.0 Å². The van der Waals surface area contributed by atoms with Crippen molar-refractivity contribution >= 4 is 34.7 Å². The lowest BCUT2D eigenvalue weighted by atomic mass is 9.97. The van der Waals surface area contributed by atoms with Crippen LogP contribution in [0.4, 0.5) is 5.69 Å². The smallest absolute Gasteiger partial charge is 0.300 e. The molecule has 1 saturated heterocycles. The maximum atomic E-state index is 13.3. The number of hydrogen-bond donors (Lipinski definition) is 1. The minimum absolute atomic E-state index is 0.0878. The van der Waals surface area contributed by atoms with Crippen LogP contribution in [0.2, 0.25) is 5.02 Å². The van der Waals surface area contributed by atoms with Crippen molar-refractivity contribution in [3.8, 4) is 5.75 Å². The first-order valence-electron chi connectivity index (χ1n) is 10.4. The summed E-state index contributed by atoms with van der Waals surface area (Å²) in [5, 5.41) is 11.7. The summed E-state index contributed by atoms with van der Waals surface area (Å²) >= 11 is 6.33. The van der Waals surface area contributed by atoms with Gasteiger partial charge in [0.2, 0.25) is 0 Å². The Hall–Kier alpha value is -3.51. The third kappa shape index (κ3) is 3.80. The Kier molecular flexibility index (Phi) is 5.80. The monoisotopic (exact) mass is 465 g/mol. The highest BCUT2D eigenvalue weighted by atomic mass is 35.5. The molecule has 0 saturated carbocycles. The second-order valence-electron chi connectivity index (χ2n) is 8.24. The lowest BCUT2D eigenvalue weighted by molar-refractivity contribution is -0.132. The van der Waals surface area contributed by atoms with Gasteiger partial charge in [0.05, 0.1) is 23.3 Å². The van der Waals surface area contributed by atoms with Gasteiger partial charge >= 0.3 is 0 Å². The van der Waals surface area contributed by atoms with Crippen LogP contribution in [-0.4, -0.2) is 23.9 Å². The summed E-state index contributed by atoms with van der Waals surface area (Å²) in [4.78, 5) is 28.0. The lowest BCUT2D eigenvalue weighted by Gasteiger charge is -2.25. The van der Waals surface area contributed by atoms with Crippen LogP contribution in [0.5, 0.6) is 5.75 Å². The number of methoxy groups -OCH3 is 1. The number of benzene rings is 2. The van der Waals surface area contributed by atoms with Gasteiger partial charge in [-0.2, -0.15) is 0 Å². The number of amides is 1. The van der Waals surface area contributed by atoms with Crippen LogP contribution < -0.4 is 9.64 Å². The van der Waals surface area contributed by atoms with E-state index in [9.17, 15) is 14.7 Å². The van der Waals surface area contributed by atoms with E-state index in [1.807, 2.05) is 39.0 Å². The molecule has 3 aromatic rings. The number of halogens is 1. The highest BCUT2D eigenvalue weighted by Crippen LogP contribution is 2.45. The van der Waals surface area contributed by atoms with Gasteiger partial charge in [-0.25, -0.2) is 0 Å². The number of hydrogen-bond acceptors (Lipinski definition) is 5. The molecular weight excluding hydrogens is 442 g/mol. The summed E-state index contributed by atoms with van der Waals surface area (Å²) in [6.45, 7) is 7.36. The van der Waals surface area contributed by atoms with Crippen molar-refractivity contribution in [1.82, 2.24) is 0 Å². The molecule has 0 spiro atoms. The fourth-order valence-corrected chi connectivity index (χ4v) is 4.54. The number of ether oxygens (including phenoxy) is 1. The normalized spacial score (nSPS) is 17.6. The van der Waals surface area contributed by atoms with Gasteiger partial charge in [-0.05, 0) is 74.7 Å². The number of Topliss-reactive ketones (excluding diaryl/α,β-unsaturated/α-hetero) is 1. The largest absolute Gasteiger partial charge is 0.507 e. The van der Waals surface area contributed by atoms with Crippen LogP contribution in [0.1, 0.15) is 39.8 Å². The minimum Gasteiger partial charge on any atom is -0.507 e. The Morgan fingerprint density at radius 3 is 2.39 bits per heavy atom. The van der Waals surface area contributed by atoms with Gasteiger partial charge in [0.1, 0.15) is 29.1 Å². The van der Waals surface area contributed by atoms with E-state index in [2.05, 4.69) is 0 Å². The van der Waals surface area contributed by atoms with Crippen molar-refractivity contribution < 1.29 is 23.8 Å². The molecule has 1 fully saturated rings. The Balaban J connectivity index is 2.03. The molecule has 6 nitrogen and oxygen atoms in total. The summed E-state index contributed by atoms with van der Waals surface area (Å²) in [6, 6.07) is 11.5. The molecule has 0 bridgehead atoms. The number of aliphatic hydroxyl groups is 1. The van der Waals surface area contributed by atoms with Crippen LogP contribution in [-0.2, 0) is 9.59 Å². The molecule has 0 aliphatic carbocycles. The minimum atomic E-state index is -0.955. The first-order chi connectivity index (χ1) is 15.6. The standard InChI is InChI=1S/C26H24ClNO5/c1-13-6-7-15(3)19(12-13)28-22(20-9-8-16(4)33-20)21(24(30)26(28)31)23(29)17-10-14(2)11-18(27)25(17)32-5/h6-12,22,29H,1-5H3/b23-21+. The van der Waals surface area contributed by atoms with E-state index in [-0.39, 0.29) is 27.7 Å². The van der Waals surface area contributed by atoms with Crippen molar-refractivity contribution in [3.63, 3.8) is 0 Å². The van der Waals surface area contributed by atoms with Crippen molar-refractivity contribution in [1.29, 1.82) is 0 Å². The van der Waals surface area contributed by atoms with E-state index >= 15 is 0 Å². The number of nitrogens with zero attached hydrogens (tertiary/aromatic N) is 1. The average molecular weight is 466 g/mol. The van der Waals surface area contributed by atoms with Gasteiger partial charge in [0.25, 0.3) is 11.7 Å². The Morgan fingerprint density at radius 2 is 1.76 bits per heavy atom. The van der Waals surface area contributed by atoms with Gasteiger partial charge in [0.15, 0.2) is 0 Å². The molecule has 1 unspecified atom stereocenters. The van der Waals surface area contributed by atoms with Gasteiger partial charge in [-0.3, -0.25) is 14.5 Å². The van der Waals surface area contributed by atoms with Gasteiger partial charge < -0.3 is 14.3 Å². The molecule has 170 valence electrons. The molecule has 0 radical (unpaired) electrons. The lowest BCUT2D eigenvalue weighted by Crippen LogP contribution is -2.30. The highest BCUT2D eigenvalue weighted by molar-refractivity contribution is 6.51. The molecule has 1 atom stereocenters. The molecule has 1 aliphatic rings. The molecule has 1 aliphatic heterocycles. The Bertz CT molecular complexity index is 1320. The molecule has 33 heavy (non-hydrogen) atoms. The van der Waals surface area contributed by atoms with Crippen LogP contribution in [0.3, 0.4) is 0 Å². The summed E-state index contributed by atoms with van der Waals surface area (Å²) in [7, 11) is 1.43. The summed E-state index contributed by atoms with van der Waals surface area (Å²) in [5.74, 6) is -0.733. The molecule has 2 aromatic carbocycles. The maximum Gasteiger partial charge on any atom is 0.300 e. The predicted molar refractivity (Wildman–Crippen MR) is 127 cm³/mol. The molecule has 1 aromatic heterocycles. The maximum absolute atomic E-state index is 13.3. The van der Waals surface area contributed by atoms with Crippen molar-refractivity contribution in [2.24, 2.45) is 0 Å². The van der Waals surface area contributed by atoms with E-state index in [0.29, 0.717) is 17.2 Å². The molecule has 1 N–H and O–H groups in total. The third-order valence-corrected chi connectivity index (χ3v) is 6.03. The Labute approximate surface area is 197 Å². The molecule has 4 rings (SSSR count). The average Bonchev–Trinajstić information content (AvgIpc) is 3.30. The zero-order valence-corrected chi connectivity index (χ0v) is 19.8. The number of carbonyl (C=O) groups is 2. The second kappa shape index (κ2) is 8.45. The number of rotatable bonds is 4. The van der Waals surface area contributed by atoms with Gasteiger partial charge in [-0.1, -0.05) is 23.7 Å². The zero-order valence-electron chi connectivity index (χ0n) is 19.0. The van der Waals surface area contributed by atoms with E-state index in [4.69, 9.17) is 20.8 Å². The van der Waals surface area contributed by atoms with E-state index in [0.717, 1.165) is 16.7 Å². The molecule has 1 amide bonds. The Morgan fingerprint density at radius 1 is 1.03 bits per heavy atom. The van der Waals surface area contributed by atoms with E-state index in [1.54, 1.807) is 31.2 Å². The summed E-state index contributed by atoms with van der Waals surface area (Å²) < 4.78 is 11.3. The van der Waals surface area contributed by atoms with Crippen LogP contribution >= 0.6 is 11.6 Å². The van der Waals surface area contributed by atoms with Crippen LogP contribution in [0.25, 0.3) is 5.76 Å². The molecular formula is C26H24ClNO5. The van der Waals surface area contributed by atoms with Crippen LogP contribution in [0, 0.1) is 27.7 Å². The van der Waals surface area contributed by atoms with E-state index < -0.39 is 17.7 Å². The fraction of sp³-hybridized carbons (Fsp3) is 0.231. The van der Waals surface area contributed by atoms with E-state index in [1.165, 1.54) is 12.0 Å². The number of carbonyl (C=O) groups excluding carboxylic acids is 2. The third-order valence-electron chi connectivity index (χ3n) is 5.75. The fourth-order valence-electron chi connectivity index (χ4n) is 4.19. The van der Waals surface area contributed by atoms with Gasteiger partial charge in [-0.15, -0.1) is 0 Å². The number of anilines is 1. The van der Waals surface area contributed by atoms with Crippen molar-refractivity contribution in [3.05, 3.63) is 86.8 Å². The molecule has 2 heterocycles. The van der Waals surface area contributed by atoms with Crippen LogP contribution in [0.15, 0.2) is 52.5 Å².